The first kappa shape index (κ1) is 28.1. The molecular weight excluding hydrogens is 474 g/mol. The van der Waals surface area contributed by atoms with Crippen LogP contribution in [0.15, 0.2) is 71.8 Å². The van der Waals surface area contributed by atoms with Gasteiger partial charge < -0.3 is 24.8 Å². The van der Waals surface area contributed by atoms with Gasteiger partial charge in [-0.1, -0.05) is 64.1 Å². The summed E-state index contributed by atoms with van der Waals surface area (Å²) in [4.78, 5) is 0. The van der Waals surface area contributed by atoms with Crippen LogP contribution < -0.4 is 24.8 Å². The van der Waals surface area contributed by atoms with Crippen molar-refractivity contribution in [2.45, 2.75) is 48.0 Å². The second-order valence-electron chi connectivity index (χ2n) is 8.27. The Bertz CT molecular complexity index is 930. The molecule has 0 bridgehead atoms. The molecule has 0 heterocycles. The molecule has 0 N–H and O–H groups in total. The molecule has 0 unspecified atom stereocenters. The third-order valence-corrected chi connectivity index (χ3v) is 4.43. The molecule has 3 aromatic rings. The third kappa shape index (κ3) is 8.79. The topological polar surface area (TPSA) is 0 Å². The molecule has 1 aliphatic rings. The Kier molecular flexibility index (Phi) is 12.4. The maximum absolute atomic E-state index is 3.30. The van der Waals surface area contributed by atoms with Crippen molar-refractivity contribution in [2.75, 3.05) is 0 Å². The van der Waals surface area contributed by atoms with Gasteiger partial charge in [0.1, 0.15) is 0 Å². The van der Waals surface area contributed by atoms with Crippen molar-refractivity contribution in [1.29, 1.82) is 0 Å². The monoisotopic (exact) mass is 502 g/mol. The Morgan fingerprint density at radius 3 is 1.62 bits per heavy atom. The van der Waals surface area contributed by atoms with Gasteiger partial charge in [0, 0.05) is 0 Å². The summed E-state index contributed by atoms with van der Waals surface area (Å²) in [7, 11) is 0. The minimum absolute atomic E-state index is 0. The van der Waals surface area contributed by atoms with Gasteiger partial charge in [0.05, 0.1) is 0 Å². The summed E-state index contributed by atoms with van der Waals surface area (Å²) in [6.45, 7) is 13.1. The van der Waals surface area contributed by atoms with Crippen molar-refractivity contribution in [3.05, 3.63) is 77.9 Å². The van der Waals surface area contributed by atoms with Crippen molar-refractivity contribution >= 4 is 24.8 Å². The van der Waals surface area contributed by atoms with Gasteiger partial charge in [0.2, 0.25) is 0 Å². The van der Waals surface area contributed by atoms with Crippen LogP contribution in [-0.4, -0.2) is 3.21 Å². The van der Waals surface area contributed by atoms with Gasteiger partial charge in [-0.05, 0) is 5.41 Å². The van der Waals surface area contributed by atoms with Crippen molar-refractivity contribution < 1.29 is 49.0 Å². The Morgan fingerprint density at radius 1 is 0.897 bits per heavy atom. The number of fused-ring (bicyclic) bond motifs is 3. The smallest absolute Gasteiger partial charge is 0.0771 e. The fraction of sp³-hybridized carbons (Fsp3) is 0.308. The van der Waals surface area contributed by atoms with Gasteiger partial charge in [-0.3, -0.25) is 6.08 Å². The van der Waals surface area contributed by atoms with E-state index in [9.17, 15) is 0 Å². The Balaban J connectivity index is 0.000000443. The summed E-state index contributed by atoms with van der Waals surface area (Å²) >= 11 is 1.55. The molecule has 4 rings (SSSR count). The Labute approximate surface area is 204 Å². The summed E-state index contributed by atoms with van der Waals surface area (Å²) in [6, 6.07) is 19.3. The van der Waals surface area contributed by atoms with Gasteiger partial charge >= 0.3 is 41.3 Å². The molecule has 0 saturated carbocycles. The van der Waals surface area contributed by atoms with Gasteiger partial charge in [0.25, 0.3) is 0 Å². The van der Waals surface area contributed by atoms with Crippen LogP contribution in [0, 0.1) is 11.5 Å². The standard InChI is InChI=1S/C13H9.C10H15.C3H6.2ClH.Zr/c1-3-7-12-10(5-1)9-11-6-2-4-8-13(11)12;1-8-5-6-9(7-8)10(2,3)4;1-3-2;;;/h1-9H;7H,6H2,1-4H3;1-2H3;2*1H;/q2*-1;;;;+2/p-2. The summed E-state index contributed by atoms with van der Waals surface area (Å²) in [5.41, 5.74) is 3.14. The van der Waals surface area contributed by atoms with E-state index >= 15 is 0 Å². The van der Waals surface area contributed by atoms with E-state index in [4.69, 9.17) is 0 Å². The first-order valence-electron chi connectivity index (χ1n) is 9.52. The van der Waals surface area contributed by atoms with E-state index in [1.165, 1.54) is 35.9 Å². The van der Waals surface area contributed by atoms with Gasteiger partial charge in [-0.25, -0.2) is 11.6 Å². The Hall–Kier alpha value is -0.877. The number of rotatable bonds is 0. The van der Waals surface area contributed by atoms with Crippen molar-refractivity contribution in [1.82, 2.24) is 0 Å². The second kappa shape index (κ2) is 12.7. The predicted octanol–water partition coefficient (Wildman–Crippen LogP) is 1.58. The molecule has 1 aliphatic carbocycles. The zero-order valence-corrected chi connectivity index (χ0v) is 22.2. The number of hydrogen-bond donors (Lipinski definition) is 0. The van der Waals surface area contributed by atoms with Gasteiger partial charge in [-0.15, -0.1) is 46.2 Å². The van der Waals surface area contributed by atoms with Crippen LogP contribution in [0.4, 0.5) is 0 Å². The first-order chi connectivity index (χ1) is 12.7. The van der Waals surface area contributed by atoms with E-state index in [0.29, 0.717) is 5.41 Å². The van der Waals surface area contributed by atoms with E-state index in [2.05, 4.69) is 108 Å². The van der Waals surface area contributed by atoms with E-state index in [0.717, 1.165) is 6.42 Å². The molecule has 0 aliphatic heterocycles. The molecule has 0 atom stereocenters. The third-order valence-electron chi connectivity index (χ3n) is 4.43. The van der Waals surface area contributed by atoms with E-state index in [1.54, 1.807) is 24.2 Å². The van der Waals surface area contributed by atoms with E-state index < -0.39 is 0 Å². The molecule has 0 amide bonds. The number of allylic oxidation sites excluding steroid dienone is 4. The number of halogens is 2. The molecule has 154 valence electrons. The van der Waals surface area contributed by atoms with Crippen LogP contribution in [-0.2, 0) is 24.2 Å². The van der Waals surface area contributed by atoms with E-state index in [1.807, 2.05) is 0 Å². The molecule has 0 radical (unpaired) electrons. The van der Waals surface area contributed by atoms with Crippen LogP contribution in [0.2, 0.25) is 0 Å². The SMILES string of the molecule is CC1=[C-]CC(C(C)(C)C)=C1.C[C](C)=[Zr+2].[Cl-].[Cl-].c1ccc2c(c1)[cH-]c1ccccc12. The quantitative estimate of drug-likeness (QED) is 0.408. The predicted molar refractivity (Wildman–Crippen MR) is 118 cm³/mol. The normalized spacial score (nSPS) is 12.4. The molecule has 0 aromatic heterocycles. The second-order valence-corrected chi connectivity index (χ2v) is 10.7. The maximum Gasteiger partial charge on any atom is -0.0771 e. The van der Waals surface area contributed by atoms with Gasteiger partial charge in [0.15, 0.2) is 0 Å². The first-order valence-corrected chi connectivity index (χ1v) is 10.7. The van der Waals surface area contributed by atoms with Crippen LogP contribution in [0.25, 0.3) is 21.5 Å². The van der Waals surface area contributed by atoms with Crippen molar-refractivity contribution in [2.24, 2.45) is 5.41 Å². The molecule has 0 nitrogen and oxygen atoms in total. The van der Waals surface area contributed by atoms with Crippen molar-refractivity contribution in [3.63, 3.8) is 0 Å². The fourth-order valence-electron chi connectivity index (χ4n) is 2.98. The average Bonchev–Trinajstić information content (AvgIpc) is 3.18. The fourth-order valence-corrected chi connectivity index (χ4v) is 2.98. The summed E-state index contributed by atoms with van der Waals surface area (Å²) in [6.07, 6.45) is 6.59. The van der Waals surface area contributed by atoms with Crippen LogP contribution in [0.3, 0.4) is 0 Å². The van der Waals surface area contributed by atoms with Crippen LogP contribution >= 0.6 is 0 Å². The minimum Gasteiger partial charge on any atom is -1.00 e. The minimum atomic E-state index is 0. The number of hydrogen-bond acceptors (Lipinski definition) is 0. The average molecular weight is 505 g/mol. The molecule has 0 fully saturated rings. The molecule has 0 spiro atoms. The van der Waals surface area contributed by atoms with Gasteiger partial charge in [-0.2, -0.15) is 5.57 Å². The zero-order chi connectivity index (χ0) is 20.0. The summed E-state index contributed by atoms with van der Waals surface area (Å²) in [5.74, 6) is 0. The molecule has 0 saturated heterocycles. The summed E-state index contributed by atoms with van der Waals surface area (Å²) in [5, 5.41) is 5.39. The largest absolute Gasteiger partial charge is 1.00 e. The number of benzene rings is 2. The Morgan fingerprint density at radius 2 is 1.31 bits per heavy atom. The van der Waals surface area contributed by atoms with Crippen molar-refractivity contribution in [3.8, 4) is 0 Å². The summed E-state index contributed by atoms with van der Waals surface area (Å²) < 4.78 is 1.51. The maximum atomic E-state index is 3.30. The molecule has 3 heteroatoms. The molecule has 29 heavy (non-hydrogen) atoms. The molecule has 3 aromatic carbocycles. The van der Waals surface area contributed by atoms with E-state index in [-0.39, 0.29) is 24.8 Å². The molecular formula is C26H30Cl2Zr-2. The van der Waals surface area contributed by atoms with Crippen LogP contribution in [0.5, 0.6) is 0 Å². The van der Waals surface area contributed by atoms with Crippen LogP contribution in [0.1, 0.15) is 48.0 Å². The zero-order valence-electron chi connectivity index (χ0n) is 18.2.